The zero-order valence-electron chi connectivity index (χ0n) is 10.9. The topological polar surface area (TPSA) is 78.4 Å². The van der Waals surface area contributed by atoms with E-state index in [1.807, 2.05) is 6.92 Å². The molecule has 0 radical (unpaired) electrons. The molecule has 1 aliphatic carbocycles. The zero-order valence-corrected chi connectivity index (χ0v) is 10.9. The van der Waals surface area contributed by atoms with Crippen molar-refractivity contribution >= 4 is 11.9 Å². The first-order valence-electron chi connectivity index (χ1n) is 6.87. The Hall–Kier alpha value is -1.10. The molecule has 2 aliphatic rings. The van der Waals surface area contributed by atoms with Gasteiger partial charge in [0.05, 0.1) is 11.5 Å². The number of aliphatic carboxylic acids is 1. The molecule has 3 N–H and O–H groups in total. The molecule has 0 bridgehead atoms. The molecule has 1 saturated heterocycles. The van der Waals surface area contributed by atoms with Crippen LogP contribution in [0.1, 0.15) is 45.4 Å². The fourth-order valence-electron chi connectivity index (χ4n) is 3.29. The molecule has 2 rings (SSSR count). The minimum Gasteiger partial charge on any atom is -0.481 e. The molecular formula is C13H22N2O3. The van der Waals surface area contributed by atoms with Gasteiger partial charge in [0.15, 0.2) is 0 Å². The lowest BCUT2D eigenvalue weighted by Gasteiger charge is -2.31. The van der Waals surface area contributed by atoms with Gasteiger partial charge in [0.2, 0.25) is 5.91 Å². The number of carboxylic acids is 1. The Kier molecular flexibility index (Phi) is 3.90. The highest BCUT2D eigenvalue weighted by Crippen LogP contribution is 2.41. The van der Waals surface area contributed by atoms with E-state index in [1.54, 1.807) is 0 Å². The smallest absolute Gasteiger partial charge is 0.311 e. The highest BCUT2D eigenvalue weighted by Gasteiger charge is 2.48. The second-order valence-electron chi connectivity index (χ2n) is 5.42. The number of hydrogen-bond donors (Lipinski definition) is 3. The van der Waals surface area contributed by atoms with Crippen molar-refractivity contribution < 1.29 is 14.7 Å². The summed E-state index contributed by atoms with van der Waals surface area (Å²) in [6.45, 7) is 2.77. The molecule has 2 unspecified atom stereocenters. The number of rotatable bonds is 4. The van der Waals surface area contributed by atoms with E-state index in [0.717, 1.165) is 32.2 Å². The van der Waals surface area contributed by atoms with E-state index in [1.165, 1.54) is 0 Å². The van der Waals surface area contributed by atoms with Gasteiger partial charge >= 0.3 is 5.97 Å². The molecule has 0 spiro atoms. The lowest BCUT2D eigenvalue weighted by Crippen LogP contribution is -2.52. The van der Waals surface area contributed by atoms with Gasteiger partial charge in [-0.05, 0) is 38.6 Å². The molecule has 102 valence electrons. The molecule has 1 amide bonds. The molecule has 0 aromatic heterocycles. The summed E-state index contributed by atoms with van der Waals surface area (Å²) in [4.78, 5) is 23.6. The number of nitrogens with one attached hydrogen (secondary N) is 2. The second-order valence-corrected chi connectivity index (χ2v) is 5.42. The number of amides is 1. The first-order chi connectivity index (χ1) is 8.60. The molecule has 18 heavy (non-hydrogen) atoms. The molecule has 0 aromatic carbocycles. The van der Waals surface area contributed by atoms with E-state index < -0.39 is 11.4 Å². The van der Waals surface area contributed by atoms with E-state index in [9.17, 15) is 14.7 Å². The van der Waals surface area contributed by atoms with Crippen molar-refractivity contribution in [1.82, 2.24) is 10.6 Å². The summed E-state index contributed by atoms with van der Waals surface area (Å²) in [6, 6.07) is -0.344. The van der Waals surface area contributed by atoms with Crippen LogP contribution in [0.3, 0.4) is 0 Å². The summed E-state index contributed by atoms with van der Waals surface area (Å²) < 4.78 is 0. The van der Waals surface area contributed by atoms with Crippen LogP contribution in [-0.4, -0.2) is 35.6 Å². The Morgan fingerprint density at radius 3 is 2.72 bits per heavy atom. The normalized spacial score (nSPS) is 35.6. The largest absolute Gasteiger partial charge is 0.481 e. The van der Waals surface area contributed by atoms with Crippen LogP contribution in [-0.2, 0) is 9.59 Å². The highest BCUT2D eigenvalue weighted by atomic mass is 16.4. The van der Waals surface area contributed by atoms with Crippen LogP contribution in [0.25, 0.3) is 0 Å². The Morgan fingerprint density at radius 2 is 2.17 bits per heavy atom. The van der Waals surface area contributed by atoms with E-state index in [-0.39, 0.29) is 18.0 Å². The number of carboxylic acid groups (broad SMARTS) is 1. The number of carbonyl (C=O) groups excluding carboxylic acids is 1. The van der Waals surface area contributed by atoms with E-state index >= 15 is 0 Å². The Labute approximate surface area is 107 Å². The van der Waals surface area contributed by atoms with Crippen LogP contribution >= 0.6 is 0 Å². The number of carbonyl (C=O) groups is 2. The van der Waals surface area contributed by atoms with E-state index in [0.29, 0.717) is 12.8 Å². The van der Waals surface area contributed by atoms with Gasteiger partial charge in [0.1, 0.15) is 0 Å². The van der Waals surface area contributed by atoms with Crippen LogP contribution < -0.4 is 10.6 Å². The first-order valence-corrected chi connectivity index (χ1v) is 6.87. The maximum absolute atomic E-state index is 12.1. The lowest BCUT2D eigenvalue weighted by atomic mass is 9.80. The molecule has 1 aliphatic heterocycles. The molecule has 0 aromatic rings. The molecule has 5 heteroatoms. The summed E-state index contributed by atoms with van der Waals surface area (Å²) in [5.41, 5.74) is -0.756. The predicted molar refractivity (Wildman–Crippen MR) is 67.2 cm³/mol. The highest BCUT2D eigenvalue weighted by molar-refractivity contribution is 5.84. The Morgan fingerprint density at radius 1 is 1.39 bits per heavy atom. The summed E-state index contributed by atoms with van der Waals surface area (Å²) in [5, 5.41) is 15.6. The van der Waals surface area contributed by atoms with Gasteiger partial charge in [0, 0.05) is 6.04 Å². The fourth-order valence-corrected chi connectivity index (χ4v) is 3.29. The Balaban J connectivity index is 2.03. The van der Waals surface area contributed by atoms with Crippen LogP contribution in [0.2, 0.25) is 0 Å². The van der Waals surface area contributed by atoms with Gasteiger partial charge in [-0.15, -0.1) is 0 Å². The van der Waals surface area contributed by atoms with Crippen LogP contribution in [0.15, 0.2) is 0 Å². The molecule has 1 saturated carbocycles. The summed E-state index contributed by atoms with van der Waals surface area (Å²) in [5.74, 6) is -0.800. The second kappa shape index (κ2) is 5.26. The van der Waals surface area contributed by atoms with Crippen molar-refractivity contribution in [3.05, 3.63) is 0 Å². The van der Waals surface area contributed by atoms with Crippen LogP contribution in [0.5, 0.6) is 0 Å². The predicted octanol–water partition coefficient (Wildman–Crippen LogP) is 0.888. The quantitative estimate of drug-likeness (QED) is 0.696. The minimum atomic E-state index is -0.771. The third-order valence-electron chi connectivity index (χ3n) is 4.53. The van der Waals surface area contributed by atoms with Gasteiger partial charge in [-0.3, -0.25) is 9.59 Å². The van der Waals surface area contributed by atoms with Crippen molar-refractivity contribution in [1.29, 1.82) is 0 Å². The van der Waals surface area contributed by atoms with Gasteiger partial charge in [-0.1, -0.05) is 13.3 Å². The third kappa shape index (κ3) is 2.23. The Bertz CT molecular complexity index is 339. The number of hydrogen-bond acceptors (Lipinski definition) is 3. The monoisotopic (exact) mass is 254 g/mol. The standard InChI is InChI=1S/C13H22N2O3/c1-2-13(12(17)18)7-3-6-10(13)15-11(16)9-5-4-8-14-9/h9-10,14H,2-8H2,1H3,(H,15,16)(H,17,18)/t9-,10?,13?/m1/s1. The summed E-state index contributed by atoms with van der Waals surface area (Å²) in [6.07, 6.45) is 4.76. The van der Waals surface area contributed by atoms with Crippen LogP contribution in [0, 0.1) is 5.41 Å². The SMILES string of the molecule is CCC1(C(=O)O)CCCC1NC(=O)[C@H]1CCCN1. The molecular weight excluding hydrogens is 232 g/mol. The van der Waals surface area contributed by atoms with E-state index in [2.05, 4.69) is 10.6 Å². The molecule has 1 heterocycles. The zero-order chi connectivity index (χ0) is 13.2. The molecule has 5 nitrogen and oxygen atoms in total. The van der Waals surface area contributed by atoms with Crippen molar-refractivity contribution in [3.8, 4) is 0 Å². The van der Waals surface area contributed by atoms with Gasteiger partial charge < -0.3 is 15.7 Å². The molecule has 2 fully saturated rings. The molecule has 3 atom stereocenters. The van der Waals surface area contributed by atoms with Crippen molar-refractivity contribution in [2.75, 3.05) is 6.54 Å². The minimum absolute atomic E-state index is 0.0292. The summed E-state index contributed by atoms with van der Waals surface area (Å²) >= 11 is 0. The van der Waals surface area contributed by atoms with Gasteiger partial charge in [-0.25, -0.2) is 0 Å². The third-order valence-corrected chi connectivity index (χ3v) is 4.53. The van der Waals surface area contributed by atoms with Crippen molar-refractivity contribution in [2.24, 2.45) is 5.41 Å². The van der Waals surface area contributed by atoms with Gasteiger partial charge in [-0.2, -0.15) is 0 Å². The first kappa shape index (κ1) is 13.3. The van der Waals surface area contributed by atoms with E-state index in [4.69, 9.17) is 0 Å². The van der Waals surface area contributed by atoms with Crippen molar-refractivity contribution in [2.45, 2.75) is 57.5 Å². The average molecular weight is 254 g/mol. The van der Waals surface area contributed by atoms with Crippen molar-refractivity contribution in [3.63, 3.8) is 0 Å². The lowest BCUT2D eigenvalue weighted by molar-refractivity contribution is -0.150. The van der Waals surface area contributed by atoms with Gasteiger partial charge in [0.25, 0.3) is 0 Å². The average Bonchev–Trinajstić information content (AvgIpc) is 2.98. The van der Waals surface area contributed by atoms with Crippen LogP contribution in [0.4, 0.5) is 0 Å². The summed E-state index contributed by atoms with van der Waals surface area (Å²) in [7, 11) is 0. The maximum Gasteiger partial charge on any atom is 0.311 e. The maximum atomic E-state index is 12.1. The fraction of sp³-hybridized carbons (Fsp3) is 0.846.